The number of nitrogens with one attached hydrogen (secondary N) is 1. The number of hydrogen-bond donors (Lipinski definition) is 1. The second kappa shape index (κ2) is 6.59. The number of ether oxygens (including phenoxy) is 1. The van der Waals surface area contributed by atoms with Gasteiger partial charge in [-0.3, -0.25) is 4.98 Å². The molecule has 1 saturated heterocycles. The first kappa shape index (κ1) is 17.9. The maximum Gasteiger partial charge on any atom is 0.417 e. The minimum Gasteiger partial charge on any atom is -0.408 e. The van der Waals surface area contributed by atoms with E-state index in [0.717, 1.165) is 0 Å². The van der Waals surface area contributed by atoms with Crippen LogP contribution in [0, 0.1) is 5.82 Å². The molecular formula is C18H17FN2O5S. The van der Waals surface area contributed by atoms with E-state index in [1.54, 1.807) is 19.1 Å². The second-order valence-corrected chi connectivity index (χ2v) is 8.42. The molecule has 0 saturated carbocycles. The Bertz CT molecular complexity index is 1140. The number of fused-ring (bicyclic) bond motifs is 1. The number of halogens is 1. The average molecular weight is 392 g/mol. The first-order valence-corrected chi connectivity index (χ1v) is 9.81. The maximum absolute atomic E-state index is 13.2. The van der Waals surface area contributed by atoms with E-state index >= 15 is 0 Å². The molecular weight excluding hydrogens is 375 g/mol. The lowest BCUT2D eigenvalue weighted by Crippen LogP contribution is -2.45. The van der Waals surface area contributed by atoms with Gasteiger partial charge < -0.3 is 9.15 Å². The Morgan fingerprint density at radius 3 is 2.63 bits per heavy atom. The highest BCUT2D eigenvalue weighted by atomic mass is 32.2. The van der Waals surface area contributed by atoms with Gasteiger partial charge in [0.05, 0.1) is 22.6 Å². The first-order chi connectivity index (χ1) is 12.8. The number of H-pyrrole nitrogens is 1. The van der Waals surface area contributed by atoms with E-state index in [0.29, 0.717) is 11.1 Å². The van der Waals surface area contributed by atoms with E-state index in [1.807, 2.05) is 0 Å². The zero-order valence-electron chi connectivity index (χ0n) is 14.4. The van der Waals surface area contributed by atoms with Crippen LogP contribution in [0.5, 0.6) is 0 Å². The van der Waals surface area contributed by atoms with Crippen molar-refractivity contribution in [3.63, 3.8) is 0 Å². The molecule has 0 amide bonds. The number of oxazole rings is 1. The minimum absolute atomic E-state index is 0.0321. The summed E-state index contributed by atoms with van der Waals surface area (Å²) in [7, 11) is -3.82. The van der Waals surface area contributed by atoms with Crippen LogP contribution in [0.15, 0.2) is 56.6 Å². The predicted molar refractivity (Wildman–Crippen MR) is 95.3 cm³/mol. The molecule has 142 valence electrons. The van der Waals surface area contributed by atoms with Crippen LogP contribution in [0.3, 0.4) is 0 Å². The van der Waals surface area contributed by atoms with Gasteiger partial charge in [-0.05, 0) is 36.8 Å². The maximum atomic E-state index is 13.2. The number of benzene rings is 2. The summed E-state index contributed by atoms with van der Waals surface area (Å²) in [5, 5.41) is 0. The van der Waals surface area contributed by atoms with Crippen LogP contribution in [0.2, 0.25) is 0 Å². The van der Waals surface area contributed by atoms with E-state index in [9.17, 15) is 17.6 Å². The van der Waals surface area contributed by atoms with Crippen molar-refractivity contribution < 1.29 is 22.0 Å². The molecule has 27 heavy (non-hydrogen) atoms. The number of aromatic nitrogens is 1. The zero-order chi connectivity index (χ0) is 19.2. The topological polar surface area (TPSA) is 92.6 Å². The fourth-order valence-corrected chi connectivity index (χ4v) is 4.74. The molecule has 1 aliphatic heterocycles. The quantitative estimate of drug-likeness (QED) is 0.739. The van der Waals surface area contributed by atoms with Crippen LogP contribution in [0.25, 0.3) is 11.1 Å². The van der Waals surface area contributed by atoms with E-state index in [1.165, 1.54) is 34.6 Å². The normalized spacial score (nSPS) is 21.6. The zero-order valence-corrected chi connectivity index (χ0v) is 15.2. The Labute approximate surface area is 154 Å². The van der Waals surface area contributed by atoms with Gasteiger partial charge in [-0.25, -0.2) is 17.6 Å². The number of hydrogen-bond acceptors (Lipinski definition) is 5. The van der Waals surface area contributed by atoms with Crippen molar-refractivity contribution in [3.05, 3.63) is 64.4 Å². The molecule has 2 unspecified atom stereocenters. The highest BCUT2D eigenvalue weighted by Crippen LogP contribution is 2.30. The van der Waals surface area contributed by atoms with Crippen molar-refractivity contribution in [1.29, 1.82) is 0 Å². The fourth-order valence-electron chi connectivity index (χ4n) is 3.21. The lowest BCUT2D eigenvalue weighted by molar-refractivity contribution is -0.0557. The molecule has 0 spiro atoms. The Hall–Kier alpha value is -2.49. The summed E-state index contributed by atoms with van der Waals surface area (Å²) in [6.07, 6.45) is -0.837. The van der Waals surface area contributed by atoms with Crippen LogP contribution in [-0.4, -0.2) is 36.9 Å². The summed E-state index contributed by atoms with van der Waals surface area (Å²) < 4.78 is 51.5. The summed E-state index contributed by atoms with van der Waals surface area (Å²) in [5.74, 6) is -1.01. The molecule has 2 atom stereocenters. The number of nitrogens with zero attached hydrogens (tertiary/aromatic N) is 1. The smallest absolute Gasteiger partial charge is 0.408 e. The molecule has 9 heteroatoms. The van der Waals surface area contributed by atoms with Gasteiger partial charge in [-0.1, -0.05) is 12.1 Å². The molecule has 1 aromatic heterocycles. The third-order valence-corrected chi connectivity index (χ3v) is 6.33. The summed E-state index contributed by atoms with van der Waals surface area (Å²) in [6, 6.07) is 10.1. The number of sulfonamides is 1. The van der Waals surface area contributed by atoms with Crippen LogP contribution >= 0.6 is 0 Å². The summed E-state index contributed by atoms with van der Waals surface area (Å²) in [5.41, 5.74) is 1.31. The largest absolute Gasteiger partial charge is 0.417 e. The Morgan fingerprint density at radius 1 is 1.15 bits per heavy atom. The van der Waals surface area contributed by atoms with Gasteiger partial charge >= 0.3 is 5.76 Å². The van der Waals surface area contributed by atoms with Gasteiger partial charge in [0, 0.05) is 19.2 Å². The summed E-state index contributed by atoms with van der Waals surface area (Å²) in [6.45, 7) is 2.08. The number of morpholine rings is 1. The van der Waals surface area contributed by atoms with Crippen molar-refractivity contribution in [2.75, 3.05) is 13.1 Å². The third kappa shape index (κ3) is 3.41. The number of rotatable bonds is 3. The molecule has 4 rings (SSSR count). The van der Waals surface area contributed by atoms with Crippen LogP contribution in [0.1, 0.15) is 18.6 Å². The van der Waals surface area contributed by atoms with Crippen LogP contribution < -0.4 is 5.76 Å². The molecule has 2 aromatic carbocycles. The molecule has 0 bridgehead atoms. The SMILES string of the molecule is CC1CN(S(=O)(=O)c2ccc3[nH]c(=O)oc3c2)CC(c2ccc(F)cc2)O1. The van der Waals surface area contributed by atoms with E-state index < -0.39 is 21.9 Å². The van der Waals surface area contributed by atoms with Gasteiger partial charge in [-0.15, -0.1) is 0 Å². The van der Waals surface area contributed by atoms with Gasteiger partial charge in [0.25, 0.3) is 0 Å². The molecule has 7 nitrogen and oxygen atoms in total. The summed E-state index contributed by atoms with van der Waals surface area (Å²) >= 11 is 0. The number of aromatic amines is 1. The Morgan fingerprint density at radius 2 is 1.89 bits per heavy atom. The van der Waals surface area contributed by atoms with E-state index in [4.69, 9.17) is 9.15 Å². The van der Waals surface area contributed by atoms with Crippen molar-refractivity contribution in [2.45, 2.75) is 24.0 Å². The fraction of sp³-hybridized carbons (Fsp3) is 0.278. The van der Waals surface area contributed by atoms with Crippen molar-refractivity contribution in [1.82, 2.24) is 9.29 Å². The van der Waals surface area contributed by atoms with Crippen molar-refractivity contribution in [3.8, 4) is 0 Å². The van der Waals surface area contributed by atoms with Gasteiger partial charge in [0.1, 0.15) is 5.82 Å². The van der Waals surface area contributed by atoms with E-state index in [-0.39, 0.29) is 35.5 Å². The third-order valence-electron chi connectivity index (χ3n) is 4.50. The monoisotopic (exact) mass is 392 g/mol. The lowest BCUT2D eigenvalue weighted by Gasteiger charge is -2.36. The standard InChI is InChI=1S/C18H17FN2O5S/c1-11-9-21(10-17(25-11)12-2-4-13(19)5-3-12)27(23,24)14-6-7-15-16(8-14)26-18(22)20-15/h2-8,11,17H,9-10H2,1H3,(H,20,22). The highest BCUT2D eigenvalue weighted by molar-refractivity contribution is 7.89. The molecule has 0 aliphatic carbocycles. The van der Waals surface area contributed by atoms with Gasteiger partial charge in [0.15, 0.2) is 5.58 Å². The van der Waals surface area contributed by atoms with Crippen LogP contribution in [-0.2, 0) is 14.8 Å². The summed E-state index contributed by atoms with van der Waals surface area (Å²) in [4.78, 5) is 13.8. The molecule has 1 fully saturated rings. The highest BCUT2D eigenvalue weighted by Gasteiger charge is 2.34. The molecule has 2 heterocycles. The second-order valence-electron chi connectivity index (χ2n) is 6.48. The molecule has 0 radical (unpaired) electrons. The average Bonchev–Trinajstić information content (AvgIpc) is 3.01. The first-order valence-electron chi connectivity index (χ1n) is 8.37. The molecule has 1 aliphatic rings. The minimum atomic E-state index is -3.82. The molecule has 3 aromatic rings. The van der Waals surface area contributed by atoms with Gasteiger partial charge in [0.2, 0.25) is 10.0 Å². The molecule has 1 N–H and O–H groups in total. The van der Waals surface area contributed by atoms with Crippen molar-refractivity contribution in [2.24, 2.45) is 0 Å². The predicted octanol–water partition coefficient (Wildman–Crippen LogP) is 2.41. The van der Waals surface area contributed by atoms with Crippen molar-refractivity contribution >= 4 is 21.1 Å². The van der Waals surface area contributed by atoms with Crippen LogP contribution in [0.4, 0.5) is 4.39 Å². The Kier molecular flexibility index (Phi) is 4.37. The lowest BCUT2D eigenvalue weighted by atomic mass is 10.1. The van der Waals surface area contributed by atoms with Gasteiger partial charge in [-0.2, -0.15) is 4.31 Å². The van der Waals surface area contributed by atoms with E-state index in [2.05, 4.69) is 4.98 Å². The Balaban J connectivity index is 1.66.